The Hall–Kier alpha value is -1.31. The van der Waals surface area contributed by atoms with Crippen molar-refractivity contribution < 1.29 is 0 Å². The van der Waals surface area contributed by atoms with Crippen molar-refractivity contribution in [1.82, 2.24) is 19.5 Å². The molecular weight excluding hydrogens is 286 g/mol. The van der Waals surface area contributed by atoms with E-state index in [1.165, 1.54) is 28.3 Å². The van der Waals surface area contributed by atoms with Crippen molar-refractivity contribution in [3.05, 3.63) is 27.1 Å². The summed E-state index contributed by atoms with van der Waals surface area (Å²) in [6.45, 7) is 7.69. The quantitative estimate of drug-likeness (QED) is 0.911. The first-order chi connectivity index (χ1) is 10.1. The number of hydrogen-bond acceptors (Lipinski definition) is 6. The minimum Gasteiger partial charge on any atom is -0.330 e. The molecular formula is C14H21N5OS. The first-order valence-corrected chi connectivity index (χ1v) is 8.17. The molecule has 2 unspecified atom stereocenters. The fourth-order valence-electron chi connectivity index (χ4n) is 2.89. The van der Waals surface area contributed by atoms with Crippen molar-refractivity contribution in [3.63, 3.8) is 0 Å². The second-order valence-electron chi connectivity index (χ2n) is 5.92. The van der Waals surface area contributed by atoms with Gasteiger partial charge in [-0.3, -0.25) is 9.69 Å². The monoisotopic (exact) mass is 307 g/mol. The summed E-state index contributed by atoms with van der Waals surface area (Å²) in [5.74, 6) is 1.24. The van der Waals surface area contributed by atoms with E-state index in [2.05, 4.69) is 21.9 Å². The molecule has 2 atom stereocenters. The maximum atomic E-state index is 11.9. The van der Waals surface area contributed by atoms with Crippen LogP contribution in [0.5, 0.6) is 0 Å². The summed E-state index contributed by atoms with van der Waals surface area (Å²) in [4.78, 5) is 19.3. The van der Waals surface area contributed by atoms with Gasteiger partial charge < -0.3 is 5.73 Å². The number of hydrogen-bond donors (Lipinski definition) is 1. The second kappa shape index (κ2) is 5.82. The highest BCUT2D eigenvalue weighted by Gasteiger charge is 2.25. The van der Waals surface area contributed by atoms with E-state index in [4.69, 9.17) is 5.73 Å². The fraction of sp³-hybridized carbons (Fsp3) is 0.643. The van der Waals surface area contributed by atoms with Crippen LogP contribution in [0.4, 0.5) is 0 Å². The van der Waals surface area contributed by atoms with Crippen LogP contribution >= 0.6 is 11.3 Å². The predicted molar refractivity (Wildman–Crippen MR) is 83.5 cm³/mol. The summed E-state index contributed by atoms with van der Waals surface area (Å²) in [7, 11) is 0. The third-order valence-electron chi connectivity index (χ3n) is 4.27. The molecule has 0 aromatic carbocycles. The van der Waals surface area contributed by atoms with E-state index < -0.39 is 0 Å². The van der Waals surface area contributed by atoms with Gasteiger partial charge in [-0.05, 0) is 38.3 Å². The highest BCUT2D eigenvalue weighted by atomic mass is 32.1. The number of nitrogens with two attached hydrogens (primary N) is 1. The van der Waals surface area contributed by atoms with E-state index in [1.807, 2.05) is 6.92 Å². The molecule has 114 valence electrons. The molecule has 1 aliphatic heterocycles. The third-order valence-corrected chi connectivity index (χ3v) is 5.17. The van der Waals surface area contributed by atoms with E-state index in [9.17, 15) is 4.79 Å². The van der Waals surface area contributed by atoms with E-state index in [0.717, 1.165) is 36.9 Å². The topological polar surface area (TPSA) is 76.5 Å². The van der Waals surface area contributed by atoms with Crippen LogP contribution in [0, 0.1) is 18.8 Å². The Bertz CT molecular complexity index is 694. The molecule has 0 aliphatic carbocycles. The summed E-state index contributed by atoms with van der Waals surface area (Å²) in [5.41, 5.74) is 6.49. The lowest BCUT2D eigenvalue weighted by molar-refractivity contribution is 0.126. The highest BCUT2D eigenvalue weighted by Crippen LogP contribution is 2.24. The molecule has 0 spiro atoms. The van der Waals surface area contributed by atoms with Crippen molar-refractivity contribution in [3.8, 4) is 0 Å². The van der Waals surface area contributed by atoms with Gasteiger partial charge >= 0.3 is 0 Å². The minimum absolute atomic E-state index is 0.105. The van der Waals surface area contributed by atoms with Gasteiger partial charge in [0, 0.05) is 18.3 Å². The van der Waals surface area contributed by atoms with E-state index in [0.29, 0.717) is 16.8 Å². The molecule has 2 N–H and O–H groups in total. The predicted octanol–water partition coefficient (Wildman–Crippen LogP) is 0.876. The van der Waals surface area contributed by atoms with Crippen LogP contribution in [0.3, 0.4) is 0 Å². The Morgan fingerprint density at radius 1 is 1.52 bits per heavy atom. The molecule has 1 fully saturated rings. The molecule has 1 aliphatic rings. The average molecular weight is 307 g/mol. The van der Waals surface area contributed by atoms with Gasteiger partial charge in [-0.2, -0.15) is 9.61 Å². The zero-order valence-electron chi connectivity index (χ0n) is 12.5. The molecule has 3 heterocycles. The smallest absolute Gasteiger partial charge is 0.275 e. The molecule has 2 aromatic rings. The van der Waals surface area contributed by atoms with Gasteiger partial charge in [-0.15, -0.1) is 0 Å². The Morgan fingerprint density at radius 2 is 2.33 bits per heavy atom. The number of rotatable bonds is 3. The Morgan fingerprint density at radius 3 is 3.10 bits per heavy atom. The molecule has 1 saturated heterocycles. The Balaban J connectivity index is 1.79. The van der Waals surface area contributed by atoms with Gasteiger partial charge in [0.1, 0.15) is 5.01 Å². The van der Waals surface area contributed by atoms with E-state index >= 15 is 0 Å². The van der Waals surface area contributed by atoms with Crippen molar-refractivity contribution in [2.24, 2.45) is 17.6 Å². The highest BCUT2D eigenvalue weighted by molar-refractivity contribution is 7.16. The summed E-state index contributed by atoms with van der Waals surface area (Å²) in [5, 5.41) is 5.34. The molecule has 0 radical (unpaired) electrons. The van der Waals surface area contributed by atoms with Crippen LogP contribution in [-0.4, -0.2) is 39.1 Å². The molecule has 0 saturated carbocycles. The second-order valence-corrected chi connectivity index (χ2v) is 6.96. The maximum absolute atomic E-state index is 11.9. The number of nitrogens with zero attached hydrogens (tertiary/aromatic N) is 4. The van der Waals surface area contributed by atoms with Crippen molar-refractivity contribution >= 4 is 16.3 Å². The summed E-state index contributed by atoms with van der Waals surface area (Å²) >= 11 is 1.50. The van der Waals surface area contributed by atoms with E-state index in [1.54, 1.807) is 0 Å². The van der Waals surface area contributed by atoms with Crippen molar-refractivity contribution in [2.45, 2.75) is 26.8 Å². The standard InChI is InChI=1S/C14H21N5OS/c1-9-3-4-18(7-11(9)6-15)8-12-17-19-13(20)5-10(2)16-14(19)21-12/h5,9,11H,3-4,6-8,15H2,1-2H3. The number of piperidine rings is 1. The molecule has 3 rings (SSSR count). The molecule has 6 nitrogen and oxygen atoms in total. The number of aryl methyl sites for hydroxylation is 1. The largest absolute Gasteiger partial charge is 0.330 e. The first kappa shape index (κ1) is 14.6. The van der Waals surface area contributed by atoms with Crippen LogP contribution < -0.4 is 11.3 Å². The summed E-state index contributed by atoms with van der Waals surface area (Å²) in [6.07, 6.45) is 1.17. The van der Waals surface area contributed by atoms with E-state index in [-0.39, 0.29) is 5.56 Å². The van der Waals surface area contributed by atoms with Crippen LogP contribution in [0.1, 0.15) is 24.0 Å². The third kappa shape index (κ3) is 3.00. The molecule has 2 aromatic heterocycles. The Labute approximate surface area is 127 Å². The number of fused-ring (bicyclic) bond motifs is 1. The number of aromatic nitrogens is 3. The van der Waals surface area contributed by atoms with Gasteiger partial charge in [0.15, 0.2) is 0 Å². The van der Waals surface area contributed by atoms with Crippen LogP contribution in [0.25, 0.3) is 4.96 Å². The SMILES string of the molecule is Cc1cc(=O)n2nc(CN3CCC(C)C(CN)C3)sc2n1. The molecule has 21 heavy (non-hydrogen) atoms. The van der Waals surface area contributed by atoms with Gasteiger partial charge in [-0.1, -0.05) is 18.3 Å². The molecule has 0 amide bonds. The van der Waals surface area contributed by atoms with Crippen LogP contribution in [0.15, 0.2) is 10.9 Å². The molecule has 0 bridgehead atoms. The van der Waals surface area contributed by atoms with Crippen molar-refractivity contribution in [1.29, 1.82) is 0 Å². The van der Waals surface area contributed by atoms with Crippen molar-refractivity contribution in [2.75, 3.05) is 19.6 Å². The lowest BCUT2D eigenvalue weighted by atomic mass is 9.87. The lowest BCUT2D eigenvalue weighted by Gasteiger charge is -2.35. The summed E-state index contributed by atoms with van der Waals surface area (Å²) < 4.78 is 1.40. The molecule has 7 heteroatoms. The maximum Gasteiger partial charge on any atom is 0.275 e. The van der Waals surface area contributed by atoms with Gasteiger partial charge in [0.25, 0.3) is 5.56 Å². The average Bonchev–Trinajstić information content (AvgIpc) is 2.83. The zero-order valence-corrected chi connectivity index (χ0v) is 13.3. The van der Waals surface area contributed by atoms with Gasteiger partial charge in [0.2, 0.25) is 4.96 Å². The minimum atomic E-state index is -0.105. The lowest BCUT2D eigenvalue weighted by Crippen LogP contribution is -2.42. The van der Waals surface area contributed by atoms with Crippen LogP contribution in [0.2, 0.25) is 0 Å². The normalized spacial score (nSPS) is 23.8. The van der Waals surface area contributed by atoms with Gasteiger partial charge in [0.05, 0.1) is 6.54 Å². The van der Waals surface area contributed by atoms with Gasteiger partial charge in [-0.25, -0.2) is 4.98 Å². The fourth-order valence-corrected chi connectivity index (χ4v) is 3.88. The summed E-state index contributed by atoms with van der Waals surface area (Å²) in [6, 6.07) is 1.52. The van der Waals surface area contributed by atoms with Crippen LogP contribution in [-0.2, 0) is 6.54 Å². The zero-order chi connectivity index (χ0) is 15.0. The Kier molecular flexibility index (Phi) is 4.05. The number of likely N-dealkylation sites (tertiary alicyclic amines) is 1. The first-order valence-electron chi connectivity index (χ1n) is 7.35.